The Hall–Kier alpha value is -1.95. The Bertz CT molecular complexity index is 624. The van der Waals surface area contributed by atoms with Gasteiger partial charge in [-0.15, -0.1) is 11.3 Å². The normalized spacial score (nSPS) is 11.5. The first-order valence-corrected chi connectivity index (χ1v) is 8.23. The van der Waals surface area contributed by atoms with Crippen LogP contribution in [-0.2, 0) is 19.5 Å². The van der Waals surface area contributed by atoms with Crippen LogP contribution in [0.25, 0.3) is 0 Å². The van der Waals surface area contributed by atoms with Gasteiger partial charge in [-0.2, -0.15) is 0 Å². The summed E-state index contributed by atoms with van der Waals surface area (Å²) in [6.07, 6.45) is 2.92. The van der Waals surface area contributed by atoms with Crippen molar-refractivity contribution in [1.82, 2.24) is 15.6 Å². The Balaban J connectivity index is 1.94. The van der Waals surface area contributed by atoms with E-state index >= 15 is 0 Å². The molecule has 0 atom stereocenters. The lowest BCUT2D eigenvalue weighted by molar-refractivity contribution is 0.625. The molecule has 1 aromatic carbocycles. The van der Waals surface area contributed by atoms with Gasteiger partial charge in [-0.25, -0.2) is 14.4 Å². The van der Waals surface area contributed by atoms with Gasteiger partial charge in [0.05, 0.1) is 13.1 Å². The van der Waals surface area contributed by atoms with E-state index in [2.05, 4.69) is 27.5 Å². The Kier molecular flexibility index (Phi) is 6.33. The number of rotatable bonds is 6. The summed E-state index contributed by atoms with van der Waals surface area (Å²) in [5, 5.41) is 7.47. The smallest absolute Gasteiger partial charge is 0.191 e. The van der Waals surface area contributed by atoms with Gasteiger partial charge in [0.15, 0.2) is 5.96 Å². The molecule has 4 nitrogen and oxygen atoms in total. The zero-order valence-electron chi connectivity index (χ0n) is 12.9. The molecule has 0 unspecified atom stereocenters. The van der Waals surface area contributed by atoms with E-state index in [1.165, 1.54) is 17.0 Å². The Morgan fingerprint density at radius 1 is 1.32 bits per heavy atom. The standard InChI is InChI=1S/C16H21FN4S/c1-3-14-10-19-15(22-14)11-21-16(18-4-2)20-9-12-6-5-7-13(17)8-12/h5-8,10H,3-4,9,11H2,1-2H3,(H2,18,20,21). The predicted molar refractivity (Wildman–Crippen MR) is 89.5 cm³/mol. The molecule has 0 aliphatic carbocycles. The fraction of sp³-hybridized carbons (Fsp3) is 0.375. The van der Waals surface area contributed by atoms with Crippen molar-refractivity contribution in [2.75, 3.05) is 6.54 Å². The minimum atomic E-state index is -0.236. The molecule has 0 radical (unpaired) electrons. The summed E-state index contributed by atoms with van der Waals surface area (Å²) in [5.41, 5.74) is 0.847. The number of nitrogens with one attached hydrogen (secondary N) is 2. The fourth-order valence-corrected chi connectivity index (χ4v) is 2.70. The number of halogens is 1. The van der Waals surface area contributed by atoms with Crippen molar-refractivity contribution < 1.29 is 4.39 Å². The molecule has 0 bridgehead atoms. The highest BCUT2D eigenvalue weighted by atomic mass is 32.1. The molecular formula is C16H21FN4S. The van der Waals surface area contributed by atoms with Crippen molar-refractivity contribution in [1.29, 1.82) is 0 Å². The molecule has 0 aliphatic rings. The van der Waals surface area contributed by atoms with Crippen LogP contribution in [0.2, 0.25) is 0 Å². The number of nitrogens with zero attached hydrogens (tertiary/aromatic N) is 2. The minimum absolute atomic E-state index is 0.236. The molecule has 0 aliphatic heterocycles. The molecule has 0 spiro atoms. The summed E-state index contributed by atoms with van der Waals surface area (Å²) < 4.78 is 13.2. The minimum Gasteiger partial charge on any atom is -0.357 e. The van der Waals surface area contributed by atoms with Gasteiger partial charge in [-0.3, -0.25) is 0 Å². The maximum atomic E-state index is 13.2. The lowest BCUT2D eigenvalue weighted by Gasteiger charge is -2.10. The fourth-order valence-electron chi connectivity index (χ4n) is 1.90. The maximum Gasteiger partial charge on any atom is 0.191 e. The van der Waals surface area contributed by atoms with E-state index in [0.717, 1.165) is 23.5 Å². The zero-order valence-corrected chi connectivity index (χ0v) is 13.7. The second-order valence-electron chi connectivity index (χ2n) is 4.75. The summed E-state index contributed by atoms with van der Waals surface area (Å²) in [6, 6.07) is 6.50. The van der Waals surface area contributed by atoms with E-state index in [4.69, 9.17) is 0 Å². The lowest BCUT2D eigenvalue weighted by atomic mass is 10.2. The number of benzene rings is 1. The van der Waals surface area contributed by atoms with Crippen molar-refractivity contribution in [3.05, 3.63) is 51.7 Å². The molecule has 1 aromatic heterocycles. The number of aliphatic imine (C=N–C) groups is 1. The van der Waals surface area contributed by atoms with Crippen molar-refractivity contribution >= 4 is 17.3 Å². The van der Waals surface area contributed by atoms with Gasteiger partial charge in [0, 0.05) is 17.6 Å². The van der Waals surface area contributed by atoms with E-state index in [1.54, 1.807) is 17.4 Å². The molecule has 22 heavy (non-hydrogen) atoms. The lowest BCUT2D eigenvalue weighted by Crippen LogP contribution is -2.36. The van der Waals surface area contributed by atoms with Gasteiger partial charge < -0.3 is 10.6 Å². The van der Waals surface area contributed by atoms with Gasteiger partial charge >= 0.3 is 0 Å². The first-order chi connectivity index (χ1) is 10.7. The highest BCUT2D eigenvalue weighted by Crippen LogP contribution is 2.12. The number of thiazole rings is 1. The molecule has 2 aromatic rings. The molecule has 118 valence electrons. The summed E-state index contributed by atoms with van der Waals surface area (Å²) in [5.74, 6) is 0.473. The quantitative estimate of drug-likeness (QED) is 0.635. The monoisotopic (exact) mass is 320 g/mol. The summed E-state index contributed by atoms with van der Waals surface area (Å²) in [7, 11) is 0. The molecule has 2 rings (SSSR count). The molecule has 0 saturated heterocycles. The van der Waals surface area contributed by atoms with Crippen molar-refractivity contribution in [2.24, 2.45) is 4.99 Å². The first kappa shape index (κ1) is 16.4. The van der Waals surface area contributed by atoms with Crippen LogP contribution >= 0.6 is 11.3 Å². The average molecular weight is 320 g/mol. The van der Waals surface area contributed by atoms with Crippen LogP contribution in [0.4, 0.5) is 4.39 Å². The summed E-state index contributed by atoms with van der Waals surface area (Å²) >= 11 is 1.70. The Morgan fingerprint density at radius 3 is 2.86 bits per heavy atom. The molecule has 0 saturated carbocycles. The number of hydrogen-bond donors (Lipinski definition) is 2. The molecule has 1 heterocycles. The third kappa shape index (κ3) is 5.11. The second kappa shape index (κ2) is 8.48. The highest BCUT2D eigenvalue weighted by Gasteiger charge is 2.03. The van der Waals surface area contributed by atoms with E-state index in [9.17, 15) is 4.39 Å². The van der Waals surface area contributed by atoms with Gasteiger partial charge in [0.2, 0.25) is 0 Å². The Labute approximate surface area is 134 Å². The number of hydrogen-bond acceptors (Lipinski definition) is 3. The van der Waals surface area contributed by atoms with Crippen LogP contribution in [0.1, 0.15) is 29.3 Å². The van der Waals surface area contributed by atoms with Crippen LogP contribution in [0.15, 0.2) is 35.5 Å². The summed E-state index contributed by atoms with van der Waals surface area (Å²) in [6.45, 7) is 5.98. The SMILES string of the molecule is CCNC(=NCc1cccc(F)c1)NCc1ncc(CC)s1. The largest absolute Gasteiger partial charge is 0.357 e. The number of aromatic nitrogens is 1. The molecule has 0 fully saturated rings. The maximum absolute atomic E-state index is 13.2. The van der Waals surface area contributed by atoms with Crippen LogP contribution in [0.3, 0.4) is 0 Å². The van der Waals surface area contributed by atoms with E-state index in [-0.39, 0.29) is 5.82 Å². The molecule has 0 amide bonds. The van der Waals surface area contributed by atoms with E-state index < -0.39 is 0 Å². The van der Waals surface area contributed by atoms with Crippen LogP contribution in [-0.4, -0.2) is 17.5 Å². The third-order valence-corrected chi connectivity index (χ3v) is 4.15. The molecule has 2 N–H and O–H groups in total. The van der Waals surface area contributed by atoms with Crippen LogP contribution in [0.5, 0.6) is 0 Å². The molecule has 6 heteroatoms. The number of aryl methyl sites for hydroxylation is 1. The summed E-state index contributed by atoms with van der Waals surface area (Å²) in [4.78, 5) is 10.1. The molecular weight excluding hydrogens is 299 g/mol. The number of guanidine groups is 1. The topological polar surface area (TPSA) is 49.3 Å². The van der Waals surface area contributed by atoms with Crippen LogP contribution in [0, 0.1) is 5.82 Å². The van der Waals surface area contributed by atoms with Crippen LogP contribution < -0.4 is 10.6 Å². The van der Waals surface area contributed by atoms with Gasteiger partial charge in [-0.1, -0.05) is 19.1 Å². The third-order valence-electron chi connectivity index (χ3n) is 3.01. The van der Waals surface area contributed by atoms with E-state index in [0.29, 0.717) is 19.0 Å². The predicted octanol–water partition coefficient (Wildman–Crippen LogP) is 3.10. The van der Waals surface area contributed by atoms with Crippen molar-refractivity contribution in [3.8, 4) is 0 Å². The van der Waals surface area contributed by atoms with Gasteiger partial charge in [-0.05, 0) is 31.0 Å². The highest BCUT2D eigenvalue weighted by molar-refractivity contribution is 7.11. The van der Waals surface area contributed by atoms with Gasteiger partial charge in [0.1, 0.15) is 10.8 Å². The average Bonchev–Trinajstić information content (AvgIpc) is 2.98. The first-order valence-electron chi connectivity index (χ1n) is 7.41. The zero-order chi connectivity index (χ0) is 15.8. The van der Waals surface area contributed by atoms with Crippen molar-refractivity contribution in [3.63, 3.8) is 0 Å². The Morgan fingerprint density at radius 2 is 2.18 bits per heavy atom. The van der Waals surface area contributed by atoms with Gasteiger partial charge in [0.25, 0.3) is 0 Å². The second-order valence-corrected chi connectivity index (χ2v) is 5.95. The van der Waals surface area contributed by atoms with Crippen molar-refractivity contribution in [2.45, 2.75) is 33.4 Å². The van der Waals surface area contributed by atoms with E-state index in [1.807, 2.05) is 19.2 Å².